The van der Waals surface area contributed by atoms with Crippen LogP contribution in [0.2, 0.25) is 0 Å². The third-order valence-corrected chi connectivity index (χ3v) is 4.05. The van der Waals surface area contributed by atoms with E-state index >= 15 is 0 Å². The normalized spacial score (nSPS) is 33.0. The van der Waals surface area contributed by atoms with Crippen LogP contribution in [0, 0.1) is 11.8 Å². The lowest BCUT2D eigenvalue weighted by Gasteiger charge is -2.42. The maximum atomic E-state index is 5.93. The van der Waals surface area contributed by atoms with E-state index < -0.39 is 0 Å². The van der Waals surface area contributed by atoms with Crippen molar-refractivity contribution in [3.63, 3.8) is 0 Å². The van der Waals surface area contributed by atoms with Crippen molar-refractivity contribution in [1.29, 1.82) is 0 Å². The van der Waals surface area contributed by atoms with Crippen LogP contribution in [-0.2, 0) is 4.74 Å². The molecule has 0 aliphatic carbocycles. The molecule has 3 atom stereocenters. The van der Waals surface area contributed by atoms with Crippen molar-refractivity contribution in [3.05, 3.63) is 0 Å². The molecule has 1 heterocycles. The number of nitrogens with one attached hydrogen (secondary N) is 1. The minimum atomic E-state index is 0.117. The Morgan fingerprint density at radius 1 is 1.38 bits per heavy atom. The van der Waals surface area contributed by atoms with Gasteiger partial charge in [-0.2, -0.15) is 0 Å². The van der Waals surface area contributed by atoms with Crippen molar-refractivity contribution in [2.24, 2.45) is 11.8 Å². The van der Waals surface area contributed by atoms with Crippen molar-refractivity contribution in [2.75, 3.05) is 13.2 Å². The van der Waals surface area contributed by atoms with Gasteiger partial charge in [-0.15, -0.1) is 0 Å². The number of hydrogen-bond donors (Lipinski definition) is 1. The topological polar surface area (TPSA) is 21.3 Å². The molecular formula is C14H29NO. The minimum Gasteiger partial charge on any atom is -0.375 e. The van der Waals surface area contributed by atoms with Gasteiger partial charge in [0.2, 0.25) is 0 Å². The van der Waals surface area contributed by atoms with Crippen molar-refractivity contribution in [3.8, 4) is 0 Å². The van der Waals surface area contributed by atoms with Crippen LogP contribution >= 0.6 is 0 Å². The van der Waals surface area contributed by atoms with Crippen LogP contribution in [0.5, 0.6) is 0 Å². The Bertz CT molecular complexity index is 205. The summed E-state index contributed by atoms with van der Waals surface area (Å²) in [5, 5.41) is 3.66. The molecule has 0 spiro atoms. The van der Waals surface area contributed by atoms with Crippen molar-refractivity contribution in [2.45, 2.75) is 65.5 Å². The highest BCUT2D eigenvalue weighted by atomic mass is 16.5. The fourth-order valence-corrected chi connectivity index (χ4v) is 2.91. The van der Waals surface area contributed by atoms with Gasteiger partial charge in [-0.25, -0.2) is 0 Å². The predicted molar refractivity (Wildman–Crippen MR) is 69.7 cm³/mol. The first kappa shape index (κ1) is 14.0. The van der Waals surface area contributed by atoms with E-state index in [4.69, 9.17) is 4.74 Å². The second-order valence-corrected chi connectivity index (χ2v) is 5.73. The van der Waals surface area contributed by atoms with E-state index in [9.17, 15) is 0 Å². The highest BCUT2D eigenvalue weighted by molar-refractivity contribution is 4.88. The van der Waals surface area contributed by atoms with E-state index in [1.807, 2.05) is 0 Å². The summed E-state index contributed by atoms with van der Waals surface area (Å²) in [6.07, 6.45) is 3.55. The molecule has 1 fully saturated rings. The highest BCUT2D eigenvalue weighted by Crippen LogP contribution is 2.34. The molecule has 0 amide bonds. The van der Waals surface area contributed by atoms with Crippen LogP contribution in [0.25, 0.3) is 0 Å². The van der Waals surface area contributed by atoms with E-state index in [1.54, 1.807) is 0 Å². The fourth-order valence-electron chi connectivity index (χ4n) is 2.91. The fraction of sp³-hybridized carbons (Fsp3) is 1.00. The Morgan fingerprint density at radius 3 is 2.56 bits per heavy atom. The average Bonchev–Trinajstić information content (AvgIpc) is 2.25. The molecule has 1 rings (SSSR count). The van der Waals surface area contributed by atoms with Crippen LogP contribution in [0.4, 0.5) is 0 Å². The number of ether oxygens (including phenoxy) is 1. The first-order valence-electron chi connectivity index (χ1n) is 6.89. The summed E-state index contributed by atoms with van der Waals surface area (Å²) in [5.74, 6) is 1.49. The molecule has 2 heteroatoms. The first-order chi connectivity index (χ1) is 7.52. The Morgan fingerprint density at radius 2 is 2.06 bits per heavy atom. The molecule has 0 aromatic rings. The first-order valence-corrected chi connectivity index (χ1v) is 6.89. The van der Waals surface area contributed by atoms with Crippen LogP contribution in [0.3, 0.4) is 0 Å². The van der Waals surface area contributed by atoms with Crippen molar-refractivity contribution < 1.29 is 4.74 Å². The molecule has 16 heavy (non-hydrogen) atoms. The molecule has 0 aromatic carbocycles. The smallest absolute Gasteiger partial charge is 0.0655 e. The average molecular weight is 227 g/mol. The molecule has 0 bridgehead atoms. The highest BCUT2D eigenvalue weighted by Gasteiger charge is 2.36. The standard InChI is InChI=1S/C14H29NO/c1-6-14(5)10-12(8-9-16-14)13(11(3)4)15-7-2/h11-13,15H,6-10H2,1-5H3. The molecule has 0 aromatic heterocycles. The summed E-state index contributed by atoms with van der Waals surface area (Å²) in [5.41, 5.74) is 0.117. The maximum absolute atomic E-state index is 5.93. The Labute approximate surface area is 101 Å². The quantitative estimate of drug-likeness (QED) is 0.778. The lowest BCUT2D eigenvalue weighted by atomic mass is 9.78. The summed E-state index contributed by atoms with van der Waals surface area (Å²) >= 11 is 0. The molecule has 2 nitrogen and oxygen atoms in total. The molecule has 1 saturated heterocycles. The molecular weight excluding hydrogens is 198 g/mol. The Hall–Kier alpha value is -0.0800. The molecule has 1 aliphatic heterocycles. The van der Waals surface area contributed by atoms with Gasteiger partial charge in [0.05, 0.1) is 5.60 Å². The van der Waals surface area contributed by atoms with Gasteiger partial charge in [-0.3, -0.25) is 0 Å². The number of hydrogen-bond acceptors (Lipinski definition) is 2. The van der Waals surface area contributed by atoms with Gasteiger partial charge >= 0.3 is 0 Å². The molecule has 0 saturated carbocycles. The summed E-state index contributed by atoms with van der Waals surface area (Å²) in [6.45, 7) is 13.4. The van der Waals surface area contributed by atoms with Gasteiger partial charge in [-0.1, -0.05) is 27.7 Å². The van der Waals surface area contributed by atoms with Crippen LogP contribution in [-0.4, -0.2) is 24.8 Å². The lowest BCUT2D eigenvalue weighted by Crippen LogP contribution is -2.47. The summed E-state index contributed by atoms with van der Waals surface area (Å²) in [7, 11) is 0. The van der Waals surface area contributed by atoms with Gasteiger partial charge in [0, 0.05) is 12.6 Å². The lowest BCUT2D eigenvalue weighted by molar-refractivity contribution is -0.0947. The SMILES string of the molecule is CCNC(C(C)C)C1CCOC(C)(CC)C1. The van der Waals surface area contributed by atoms with Crippen LogP contribution in [0.15, 0.2) is 0 Å². The van der Waals surface area contributed by atoms with E-state index in [0.29, 0.717) is 12.0 Å². The predicted octanol–water partition coefficient (Wildman–Crippen LogP) is 3.22. The van der Waals surface area contributed by atoms with Crippen molar-refractivity contribution in [1.82, 2.24) is 5.32 Å². The van der Waals surface area contributed by atoms with Gasteiger partial charge in [0.15, 0.2) is 0 Å². The number of rotatable bonds is 5. The third-order valence-electron chi connectivity index (χ3n) is 4.05. The Balaban J connectivity index is 2.63. The third kappa shape index (κ3) is 3.46. The summed E-state index contributed by atoms with van der Waals surface area (Å²) < 4.78 is 5.93. The monoisotopic (exact) mass is 227 g/mol. The van der Waals surface area contributed by atoms with Crippen LogP contribution in [0.1, 0.15) is 53.9 Å². The second kappa shape index (κ2) is 6.02. The van der Waals surface area contributed by atoms with Gasteiger partial charge in [0.25, 0.3) is 0 Å². The largest absolute Gasteiger partial charge is 0.375 e. The maximum Gasteiger partial charge on any atom is 0.0655 e. The van der Waals surface area contributed by atoms with E-state index in [2.05, 4.69) is 39.9 Å². The van der Waals surface area contributed by atoms with Gasteiger partial charge < -0.3 is 10.1 Å². The molecule has 3 unspecified atom stereocenters. The van der Waals surface area contributed by atoms with E-state index in [-0.39, 0.29) is 5.60 Å². The van der Waals surface area contributed by atoms with Crippen LogP contribution < -0.4 is 5.32 Å². The molecule has 0 radical (unpaired) electrons. The zero-order valence-electron chi connectivity index (χ0n) is 11.7. The van der Waals surface area contributed by atoms with E-state index in [0.717, 1.165) is 25.5 Å². The van der Waals surface area contributed by atoms with Gasteiger partial charge in [-0.05, 0) is 44.6 Å². The zero-order valence-corrected chi connectivity index (χ0v) is 11.7. The van der Waals surface area contributed by atoms with E-state index in [1.165, 1.54) is 12.8 Å². The summed E-state index contributed by atoms with van der Waals surface area (Å²) in [4.78, 5) is 0. The summed E-state index contributed by atoms with van der Waals surface area (Å²) in [6, 6.07) is 0.653. The molecule has 1 N–H and O–H groups in total. The van der Waals surface area contributed by atoms with Gasteiger partial charge in [0.1, 0.15) is 0 Å². The zero-order chi connectivity index (χ0) is 12.2. The Kier molecular flexibility index (Phi) is 5.26. The minimum absolute atomic E-state index is 0.117. The second-order valence-electron chi connectivity index (χ2n) is 5.73. The van der Waals surface area contributed by atoms with Crippen molar-refractivity contribution >= 4 is 0 Å². The molecule has 1 aliphatic rings. The molecule has 96 valence electrons.